The number of hydrogen-bond donors (Lipinski definition) is 3. The lowest BCUT2D eigenvalue weighted by atomic mass is 10.2. The number of methoxy groups -OCH3 is 2. The van der Waals surface area contributed by atoms with Gasteiger partial charge in [-0.05, 0) is 49.7 Å². The molecule has 0 aromatic heterocycles. The minimum atomic E-state index is -0.918. The summed E-state index contributed by atoms with van der Waals surface area (Å²) in [5, 5.41) is 8.99. The quantitative estimate of drug-likeness (QED) is 0.170. The molecule has 0 unspecified atom stereocenters. The summed E-state index contributed by atoms with van der Waals surface area (Å²) in [6.45, 7) is 2.91. The zero-order valence-electron chi connectivity index (χ0n) is 20.0. The van der Waals surface area contributed by atoms with E-state index in [1.807, 2.05) is 6.92 Å². The first-order valence-corrected chi connectivity index (χ1v) is 10.9. The largest absolute Gasteiger partial charge is 0.494 e. The fourth-order valence-electron chi connectivity index (χ4n) is 2.80. The van der Waals surface area contributed by atoms with Gasteiger partial charge in [-0.3, -0.25) is 14.4 Å². The van der Waals surface area contributed by atoms with Crippen LogP contribution in [0, 0.1) is 0 Å². The van der Waals surface area contributed by atoms with Crippen LogP contribution in [0.25, 0.3) is 0 Å². The maximum absolute atomic E-state index is 12.4. The molecule has 0 spiro atoms. The predicted octanol–water partition coefficient (Wildman–Crippen LogP) is 1.71. The van der Waals surface area contributed by atoms with Crippen molar-refractivity contribution in [2.75, 3.05) is 45.9 Å². The van der Waals surface area contributed by atoms with Gasteiger partial charge >= 0.3 is 11.8 Å². The number of carbonyl (C=O) groups is 3. The fraction of sp³-hybridized carbons (Fsp3) is 0.333. The van der Waals surface area contributed by atoms with E-state index in [2.05, 4.69) is 21.2 Å². The average Bonchev–Trinajstić information content (AvgIpc) is 2.86. The average molecular weight is 487 g/mol. The smallest absolute Gasteiger partial charge is 0.329 e. The minimum Gasteiger partial charge on any atom is -0.494 e. The van der Waals surface area contributed by atoms with Crippen LogP contribution >= 0.6 is 0 Å². The molecule has 3 amide bonds. The van der Waals surface area contributed by atoms with Crippen LogP contribution in [0.2, 0.25) is 0 Å². The highest BCUT2D eigenvalue weighted by Crippen LogP contribution is 2.30. The van der Waals surface area contributed by atoms with E-state index in [0.29, 0.717) is 48.9 Å². The van der Waals surface area contributed by atoms with Crippen molar-refractivity contribution in [2.45, 2.75) is 13.3 Å². The van der Waals surface area contributed by atoms with Crippen molar-refractivity contribution >= 4 is 29.6 Å². The maximum atomic E-state index is 12.4. The first-order chi connectivity index (χ1) is 17.0. The number of carbonyl (C=O) groups excluding carboxylic acids is 3. The van der Waals surface area contributed by atoms with Crippen molar-refractivity contribution in [3.05, 3.63) is 48.0 Å². The highest BCUT2D eigenvalue weighted by molar-refractivity contribution is 6.35. The highest BCUT2D eigenvalue weighted by atomic mass is 16.5. The maximum Gasteiger partial charge on any atom is 0.329 e. The molecule has 0 radical (unpaired) electrons. The third kappa shape index (κ3) is 9.33. The Bertz CT molecular complexity index is 1010. The molecule has 0 saturated carbocycles. The zero-order valence-corrected chi connectivity index (χ0v) is 20.0. The number of nitrogens with zero attached hydrogens (tertiary/aromatic N) is 1. The molecule has 188 valence electrons. The molecule has 3 N–H and O–H groups in total. The van der Waals surface area contributed by atoms with Gasteiger partial charge in [-0.15, -0.1) is 0 Å². The van der Waals surface area contributed by atoms with Gasteiger partial charge < -0.3 is 29.6 Å². The molecule has 11 nitrogen and oxygen atoms in total. The number of nitrogens with one attached hydrogen (secondary N) is 3. The summed E-state index contributed by atoms with van der Waals surface area (Å²) in [5.74, 6) is -0.800. The Morgan fingerprint density at radius 3 is 2.46 bits per heavy atom. The third-order valence-electron chi connectivity index (χ3n) is 4.41. The van der Waals surface area contributed by atoms with Gasteiger partial charge in [-0.2, -0.15) is 5.10 Å². The van der Waals surface area contributed by atoms with Crippen molar-refractivity contribution in [3.8, 4) is 17.2 Å². The van der Waals surface area contributed by atoms with Crippen LogP contribution in [0.4, 0.5) is 5.69 Å². The number of anilines is 1. The van der Waals surface area contributed by atoms with E-state index in [1.165, 1.54) is 13.3 Å². The molecule has 0 aliphatic carbocycles. The van der Waals surface area contributed by atoms with E-state index >= 15 is 0 Å². The predicted molar refractivity (Wildman–Crippen MR) is 130 cm³/mol. The van der Waals surface area contributed by atoms with Gasteiger partial charge in [-0.1, -0.05) is 6.07 Å². The van der Waals surface area contributed by atoms with E-state index < -0.39 is 11.8 Å². The summed E-state index contributed by atoms with van der Waals surface area (Å²) >= 11 is 0. The first kappa shape index (κ1) is 27.1. The molecule has 0 bridgehead atoms. The van der Waals surface area contributed by atoms with Crippen LogP contribution in [0.15, 0.2) is 47.6 Å². The van der Waals surface area contributed by atoms with E-state index in [0.717, 1.165) is 0 Å². The second kappa shape index (κ2) is 14.9. The van der Waals surface area contributed by atoms with Crippen molar-refractivity contribution in [1.29, 1.82) is 0 Å². The monoisotopic (exact) mass is 486 g/mol. The van der Waals surface area contributed by atoms with Gasteiger partial charge in [0.05, 0.1) is 19.9 Å². The number of hydrogen-bond acceptors (Lipinski definition) is 8. The molecule has 0 heterocycles. The van der Waals surface area contributed by atoms with E-state index in [4.69, 9.17) is 18.9 Å². The number of ether oxygens (including phenoxy) is 4. The van der Waals surface area contributed by atoms with Crippen LogP contribution in [-0.2, 0) is 19.1 Å². The summed E-state index contributed by atoms with van der Waals surface area (Å²) in [6.07, 6.45) is 1.87. The lowest BCUT2D eigenvalue weighted by Gasteiger charge is -2.13. The SMILES string of the molecule is CCOc1ccc(NC(=O)COc2c(/C=N\NC(=O)C(=O)NCCCOC)cccc2OC)cc1. The zero-order chi connectivity index (χ0) is 25.5. The normalized spacial score (nSPS) is 10.5. The Hall–Kier alpha value is -4.12. The number of rotatable bonds is 13. The third-order valence-corrected chi connectivity index (χ3v) is 4.41. The van der Waals surface area contributed by atoms with E-state index in [9.17, 15) is 14.4 Å². The summed E-state index contributed by atoms with van der Waals surface area (Å²) < 4.78 is 21.2. The molecule has 35 heavy (non-hydrogen) atoms. The first-order valence-electron chi connectivity index (χ1n) is 10.9. The Labute approximate surface area is 203 Å². The molecule has 11 heteroatoms. The Balaban J connectivity index is 1.95. The second-order valence-electron chi connectivity index (χ2n) is 6.97. The van der Waals surface area contributed by atoms with Gasteiger partial charge in [0.2, 0.25) is 0 Å². The van der Waals surface area contributed by atoms with Crippen molar-refractivity contribution in [2.24, 2.45) is 5.10 Å². The van der Waals surface area contributed by atoms with Gasteiger partial charge in [0.25, 0.3) is 5.91 Å². The van der Waals surface area contributed by atoms with Gasteiger partial charge in [0, 0.05) is 31.5 Å². The number of para-hydroxylation sites is 1. The van der Waals surface area contributed by atoms with E-state index in [-0.39, 0.29) is 18.3 Å². The molecule has 2 aromatic carbocycles. The minimum absolute atomic E-state index is 0.249. The summed E-state index contributed by atoms with van der Waals surface area (Å²) in [6, 6.07) is 12.0. The standard InChI is InChI=1S/C24H30N4O7/c1-4-34-19-11-9-18(10-12-19)27-21(29)16-35-22-17(7-5-8-20(22)33-3)15-26-28-24(31)23(30)25-13-6-14-32-2/h5,7-12,15H,4,6,13-14,16H2,1-3H3,(H,25,30)(H,27,29)(H,28,31)/b26-15-. The van der Waals surface area contributed by atoms with Crippen molar-refractivity contribution < 1.29 is 33.3 Å². The summed E-state index contributed by atoms with van der Waals surface area (Å²) in [7, 11) is 3.01. The lowest BCUT2D eigenvalue weighted by molar-refractivity contribution is -0.139. The molecule has 0 atom stereocenters. The summed E-state index contributed by atoms with van der Waals surface area (Å²) in [4.78, 5) is 36.0. The van der Waals surface area contributed by atoms with Gasteiger partial charge in [0.1, 0.15) is 5.75 Å². The Morgan fingerprint density at radius 1 is 1.00 bits per heavy atom. The summed E-state index contributed by atoms with van der Waals surface area (Å²) in [5.41, 5.74) is 3.17. The Kier molecular flexibility index (Phi) is 11.6. The van der Waals surface area contributed by atoms with Crippen molar-refractivity contribution in [1.82, 2.24) is 10.7 Å². The fourth-order valence-corrected chi connectivity index (χ4v) is 2.80. The molecule has 0 saturated heterocycles. The second-order valence-corrected chi connectivity index (χ2v) is 6.97. The molecular formula is C24H30N4O7. The number of amides is 3. The van der Waals surface area contributed by atoms with Crippen LogP contribution in [-0.4, -0.2) is 64.5 Å². The molecule has 2 aromatic rings. The van der Waals surface area contributed by atoms with Crippen LogP contribution < -0.4 is 30.3 Å². The van der Waals surface area contributed by atoms with Gasteiger partial charge in [-0.25, -0.2) is 5.43 Å². The van der Waals surface area contributed by atoms with Gasteiger partial charge in [0.15, 0.2) is 18.1 Å². The van der Waals surface area contributed by atoms with E-state index in [1.54, 1.807) is 49.6 Å². The lowest BCUT2D eigenvalue weighted by Crippen LogP contribution is -2.38. The number of hydrazone groups is 1. The van der Waals surface area contributed by atoms with Crippen molar-refractivity contribution in [3.63, 3.8) is 0 Å². The molecule has 0 aliphatic heterocycles. The van der Waals surface area contributed by atoms with Crippen LogP contribution in [0.5, 0.6) is 17.2 Å². The highest BCUT2D eigenvalue weighted by Gasteiger charge is 2.14. The molecule has 0 aliphatic rings. The molecule has 2 rings (SSSR count). The Morgan fingerprint density at radius 2 is 1.77 bits per heavy atom. The molecule has 0 fully saturated rings. The number of benzene rings is 2. The van der Waals surface area contributed by atoms with Crippen LogP contribution in [0.3, 0.4) is 0 Å². The molecular weight excluding hydrogens is 456 g/mol. The topological polar surface area (TPSA) is 137 Å². The van der Waals surface area contributed by atoms with Crippen LogP contribution in [0.1, 0.15) is 18.9 Å².